The lowest BCUT2D eigenvalue weighted by Crippen LogP contribution is -2.61. The van der Waals surface area contributed by atoms with E-state index in [4.69, 9.17) is 28.4 Å². The summed E-state index contributed by atoms with van der Waals surface area (Å²) in [6.45, 7) is 2.31. The van der Waals surface area contributed by atoms with Crippen LogP contribution in [0.4, 0.5) is 0 Å². The molecule has 0 amide bonds. The van der Waals surface area contributed by atoms with E-state index < -0.39 is 92.7 Å². The predicted octanol–water partition coefficient (Wildman–Crippen LogP) is 0.583. The maximum absolute atomic E-state index is 12.7. The molecule has 0 aromatic carbocycles. The van der Waals surface area contributed by atoms with E-state index in [1.165, 1.54) is 32.1 Å². The second kappa shape index (κ2) is 23.8. The van der Waals surface area contributed by atoms with Gasteiger partial charge in [-0.25, -0.2) is 0 Å². The van der Waals surface area contributed by atoms with Gasteiger partial charge in [-0.15, -0.1) is 0 Å². The normalized spacial score (nSPS) is 31.4. The van der Waals surface area contributed by atoms with E-state index >= 15 is 0 Å². The Labute approximate surface area is 283 Å². The third-order valence-electron chi connectivity index (χ3n) is 8.59. The van der Waals surface area contributed by atoms with Gasteiger partial charge in [0.15, 0.2) is 18.7 Å². The van der Waals surface area contributed by atoms with Crippen LogP contribution >= 0.6 is 0 Å². The fraction of sp³-hybridized carbons (Fsp3) is 0.939. The minimum atomic E-state index is -1.75. The number of hydrogen-bond donors (Lipinski definition) is 7. The molecule has 0 aromatic heterocycles. The van der Waals surface area contributed by atoms with Crippen molar-refractivity contribution >= 4 is 11.9 Å². The first-order valence-corrected chi connectivity index (χ1v) is 17.6. The molecule has 2 aliphatic heterocycles. The van der Waals surface area contributed by atoms with Gasteiger partial charge >= 0.3 is 11.9 Å². The second-order valence-electron chi connectivity index (χ2n) is 12.7. The maximum atomic E-state index is 12.7. The molecule has 15 heteroatoms. The summed E-state index contributed by atoms with van der Waals surface area (Å²) < 4.78 is 32.9. The molecule has 0 saturated carbocycles. The Kier molecular flexibility index (Phi) is 21.2. The van der Waals surface area contributed by atoms with E-state index in [1.54, 1.807) is 0 Å². The molecule has 48 heavy (non-hydrogen) atoms. The molecule has 7 N–H and O–H groups in total. The molecule has 0 spiro atoms. The van der Waals surface area contributed by atoms with Crippen molar-refractivity contribution in [3.8, 4) is 0 Å². The highest BCUT2D eigenvalue weighted by atomic mass is 16.7. The highest BCUT2D eigenvalue weighted by Gasteiger charge is 2.47. The zero-order valence-corrected chi connectivity index (χ0v) is 28.5. The van der Waals surface area contributed by atoms with Crippen LogP contribution in [-0.4, -0.2) is 142 Å². The standard InChI is InChI=1S/C33H60O15/c1-3-5-7-8-9-10-11-12-14-16-25(36)46-21(18-43-24(35)15-13-6-4-2)19-44-32-31(42)29(40)27(38)23(48-32)20-45-33-30(41)28(39)26(37)22(17-34)47-33/h21-23,26-34,37-42H,3-20H2,1-2H3/t21-,22-,23-,26+,27+,28+,29+,30-,31-,32-,33+/m1/s1. The molecule has 0 bridgehead atoms. The molecular weight excluding hydrogens is 636 g/mol. The van der Waals surface area contributed by atoms with Gasteiger partial charge in [-0.3, -0.25) is 9.59 Å². The summed E-state index contributed by atoms with van der Waals surface area (Å²) in [5, 5.41) is 71.1. The minimum absolute atomic E-state index is 0.168. The van der Waals surface area contributed by atoms with Crippen molar-refractivity contribution in [1.29, 1.82) is 0 Å². The highest BCUT2D eigenvalue weighted by Crippen LogP contribution is 2.26. The minimum Gasteiger partial charge on any atom is -0.462 e. The summed E-state index contributed by atoms with van der Waals surface area (Å²) >= 11 is 0. The first kappa shape index (κ1) is 42.7. The second-order valence-corrected chi connectivity index (χ2v) is 12.7. The molecule has 2 rings (SSSR count). The molecule has 2 heterocycles. The van der Waals surface area contributed by atoms with Crippen molar-refractivity contribution in [3.63, 3.8) is 0 Å². The molecule has 11 atom stereocenters. The number of unbranched alkanes of at least 4 members (excludes halogenated alkanes) is 10. The van der Waals surface area contributed by atoms with Crippen LogP contribution in [0.5, 0.6) is 0 Å². The maximum Gasteiger partial charge on any atom is 0.306 e. The van der Waals surface area contributed by atoms with Gasteiger partial charge in [-0.05, 0) is 12.8 Å². The van der Waals surface area contributed by atoms with Crippen molar-refractivity contribution in [2.24, 2.45) is 0 Å². The molecule has 2 aliphatic rings. The SMILES string of the molecule is CCCCCCCCCCCC(=O)O[C@H](COC(=O)CCCCC)CO[C@@H]1O[C@H](CO[C@H]2O[C@H](CO)[C@H](O)[C@H](O)[C@H]2O)[C@H](O)[C@H](O)[C@H]1O. The zero-order chi connectivity index (χ0) is 35.5. The van der Waals surface area contributed by atoms with Crippen LogP contribution in [0.1, 0.15) is 104 Å². The Bertz CT molecular complexity index is 876. The van der Waals surface area contributed by atoms with Gasteiger partial charge in [0.2, 0.25) is 0 Å². The van der Waals surface area contributed by atoms with Crippen LogP contribution in [0.15, 0.2) is 0 Å². The number of rotatable bonds is 24. The number of ether oxygens (including phenoxy) is 6. The molecule has 2 saturated heterocycles. The van der Waals surface area contributed by atoms with Gasteiger partial charge in [-0.2, -0.15) is 0 Å². The summed E-state index contributed by atoms with van der Waals surface area (Å²) in [7, 11) is 0. The molecule has 2 fully saturated rings. The Hall–Kier alpha value is -1.50. The van der Waals surface area contributed by atoms with Gasteiger partial charge in [0.25, 0.3) is 0 Å². The van der Waals surface area contributed by atoms with Gasteiger partial charge in [-0.1, -0.05) is 78.1 Å². The Morgan fingerprint density at radius 2 is 1.06 bits per heavy atom. The summed E-state index contributed by atoms with van der Waals surface area (Å²) in [4.78, 5) is 24.9. The summed E-state index contributed by atoms with van der Waals surface area (Å²) in [5.74, 6) is -0.957. The number of aliphatic hydroxyl groups excluding tert-OH is 7. The number of carbonyl (C=O) groups excluding carboxylic acids is 2. The van der Waals surface area contributed by atoms with Gasteiger partial charge in [0.1, 0.15) is 55.4 Å². The summed E-state index contributed by atoms with van der Waals surface area (Å²) in [6.07, 6.45) is -4.23. The lowest BCUT2D eigenvalue weighted by molar-refractivity contribution is -0.332. The summed E-state index contributed by atoms with van der Waals surface area (Å²) in [5.41, 5.74) is 0. The van der Waals surface area contributed by atoms with Gasteiger partial charge in [0, 0.05) is 12.8 Å². The first-order valence-electron chi connectivity index (χ1n) is 17.6. The van der Waals surface area contributed by atoms with E-state index in [0.29, 0.717) is 12.8 Å². The van der Waals surface area contributed by atoms with Crippen LogP contribution in [0, 0.1) is 0 Å². The molecule has 0 unspecified atom stereocenters. The lowest BCUT2D eigenvalue weighted by Gasteiger charge is -2.42. The van der Waals surface area contributed by atoms with Crippen LogP contribution in [0.2, 0.25) is 0 Å². The molecule has 0 radical (unpaired) electrons. The van der Waals surface area contributed by atoms with Crippen molar-refractivity contribution in [2.75, 3.05) is 26.4 Å². The molecule has 282 valence electrons. The highest BCUT2D eigenvalue weighted by molar-refractivity contribution is 5.70. The van der Waals surface area contributed by atoms with Crippen LogP contribution in [-0.2, 0) is 38.0 Å². The molecule has 0 aliphatic carbocycles. The number of aliphatic hydroxyl groups is 7. The Morgan fingerprint density at radius 3 is 1.67 bits per heavy atom. The lowest BCUT2D eigenvalue weighted by atomic mass is 9.98. The average molecular weight is 697 g/mol. The molecular formula is C33H60O15. The number of esters is 2. The quantitative estimate of drug-likeness (QED) is 0.0541. The van der Waals surface area contributed by atoms with E-state index in [9.17, 15) is 45.3 Å². The monoisotopic (exact) mass is 696 g/mol. The Morgan fingerprint density at radius 1 is 0.583 bits per heavy atom. The Balaban J connectivity index is 1.92. The van der Waals surface area contributed by atoms with Crippen LogP contribution in [0.3, 0.4) is 0 Å². The fourth-order valence-corrected chi connectivity index (χ4v) is 5.51. The van der Waals surface area contributed by atoms with Crippen LogP contribution in [0.25, 0.3) is 0 Å². The van der Waals surface area contributed by atoms with E-state index in [2.05, 4.69) is 6.92 Å². The summed E-state index contributed by atoms with van der Waals surface area (Å²) in [6, 6.07) is 0. The first-order chi connectivity index (χ1) is 23.0. The largest absolute Gasteiger partial charge is 0.462 e. The third-order valence-corrected chi connectivity index (χ3v) is 8.59. The predicted molar refractivity (Wildman–Crippen MR) is 169 cm³/mol. The van der Waals surface area contributed by atoms with Crippen LogP contribution < -0.4 is 0 Å². The zero-order valence-electron chi connectivity index (χ0n) is 28.5. The fourth-order valence-electron chi connectivity index (χ4n) is 5.51. The third kappa shape index (κ3) is 14.8. The van der Waals surface area contributed by atoms with Crippen molar-refractivity contribution < 1.29 is 73.8 Å². The van der Waals surface area contributed by atoms with E-state index in [-0.39, 0.29) is 26.1 Å². The molecule has 0 aromatic rings. The van der Waals surface area contributed by atoms with Gasteiger partial charge < -0.3 is 64.2 Å². The van der Waals surface area contributed by atoms with E-state index in [0.717, 1.165) is 32.1 Å². The topological polar surface area (TPSA) is 231 Å². The van der Waals surface area contributed by atoms with Crippen molar-refractivity contribution in [1.82, 2.24) is 0 Å². The average Bonchev–Trinajstić information content (AvgIpc) is 3.07. The van der Waals surface area contributed by atoms with E-state index in [1.807, 2.05) is 6.92 Å². The van der Waals surface area contributed by atoms with Crippen molar-refractivity contribution in [3.05, 3.63) is 0 Å². The number of carbonyl (C=O) groups is 2. The smallest absolute Gasteiger partial charge is 0.306 e. The van der Waals surface area contributed by atoms with Gasteiger partial charge in [0.05, 0.1) is 19.8 Å². The number of hydrogen-bond acceptors (Lipinski definition) is 15. The van der Waals surface area contributed by atoms with Crippen molar-refractivity contribution in [2.45, 2.75) is 171 Å². The molecule has 15 nitrogen and oxygen atoms in total.